The van der Waals surface area contributed by atoms with E-state index in [1.54, 1.807) is 0 Å². The van der Waals surface area contributed by atoms with Gasteiger partial charge in [0.15, 0.2) is 0 Å². The number of allylic oxidation sites excluding steroid dienone is 2. The second kappa shape index (κ2) is 7.30. The molecular formula is C18H21BrN2O2. The van der Waals surface area contributed by atoms with Gasteiger partial charge in [0.25, 0.3) is 0 Å². The first-order valence-corrected chi connectivity index (χ1v) is 8.94. The molecule has 23 heavy (non-hydrogen) atoms. The van der Waals surface area contributed by atoms with Gasteiger partial charge < -0.3 is 10.2 Å². The fourth-order valence-electron chi connectivity index (χ4n) is 3.32. The predicted octanol–water partition coefficient (Wildman–Crippen LogP) is 3.59. The summed E-state index contributed by atoms with van der Waals surface area (Å²) in [5, 5.41) is 2.95. The predicted molar refractivity (Wildman–Crippen MR) is 93.9 cm³/mol. The van der Waals surface area contributed by atoms with Crippen molar-refractivity contribution in [3.63, 3.8) is 0 Å². The summed E-state index contributed by atoms with van der Waals surface area (Å²) in [4.78, 5) is 27.3. The molecule has 4 nitrogen and oxygen atoms in total. The van der Waals surface area contributed by atoms with Crippen LogP contribution in [0.15, 0.2) is 40.9 Å². The fourth-order valence-corrected chi connectivity index (χ4v) is 3.58. The van der Waals surface area contributed by atoms with E-state index in [1.807, 2.05) is 41.3 Å². The molecule has 0 saturated carbocycles. The van der Waals surface area contributed by atoms with E-state index >= 15 is 0 Å². The third-order valence-corrected chi connectivity index (χ3v) is 5.14. The maximum absolute atomic E-state index is 12.7. The Kier molecular flexibility index (Phi) is 5.16. The normalized spacial score (nSPS) is 23.8. The minimum atomic E-state index is -0.281. The van der Waals surface area contributed by atoms with Crippen LogP contribution in [0.4, 0.5) is 5.69 Å². The number of halogens is 1. The highest BCUT2D eigenvalue weighted by Crippen LogP contribution is 2.30. The zero-order chi connectivity index (χ0) is 16.2. The Morgan fingerprint density at radius 1 is 1.00 bits per heavy atom. The molecule has 1 aliphatic carbocycles. The van der Waals surface area contributed by atoms with Gasteiger partial charge in [0.05, 0.1) is 11.8 Å². The van der Waals surface area contributed by atoms with E-state index in [4.69, 9.17) is 0 Å². The van der Waals surface area contributed by atoms with Crippen LogP contribution in [0.1, 0.15) is 25.7 Å². The molecule has 2 atom stereocenters. The van der Waals surface area contributed by atoms with Gasteiger partial charge in [-0.05, 0) is 49.9 Å². The largest absolute Gasteiger partial charge is 0.342 e. The molecule has 2 unspecified atom stereocenters. The van der Waals surface area contributed by atoms with Crippen molar-refractivity contribution in [1.29, 1.82) is 0 Å². The molecule has 122 valence electrons. The smallest absolute Gasteiger partial charge is 0.228 e. The molecule has 1 heterocycles. The SMILES string of the molecule is O=C(Nc1ccc(Br)cc1)C1CC=CCC1C(=O)N1CCCC1. The average Bonchev–Trinajstić information content (AvgIpc) is 3.11. The Morgan fingerprint density at radius 2 is 1.61 bits per heavy atom. The summed E-state index contributed by atoms with van der Waals surface area (Å²) in [6, 6.07) is 7.50. The molecule has 1 aromatic carbocycles. The monoisotopic (exact) mass is 376 g/mol. The molecule has 1 aliphatic heterocycles. The molecule has 1 N–H and O–H groups in total. The topological polar surface area (TPSA) is 49.4 Å². The van der Waals surface area contributed by atoms with Gasteiger partial charge in [-0.15, -0.1) is 0 Å². The number of hydrogen-bond donors (Lipinski definition) is 1. The number of amides is 2. The highest BCUT2D eigenvalue weighted by Gasteiger charge is 2.36. The summed E-state index contributed by atoms with van der Waals surface area (Å²) in [6.07, 6.45) is 7.48. The Morgan fingerprint density at radius 3 is 2.26 bits per heavy atom. The zero-order valence-corrected chi connectivity index (χ0v) is 14.6. The standard InChI is InChI=1S/C18H21BrN2O2/c19-13-7-9-14(10-8-13)20-17(22)15-5-1-2-6-16(15)18(23)21-11-3-4-12-21/h1-2,7-10,15-16H,3-6,11-12H2,(H,20,22). The van der Waals surface area contributed by atoms with E-state index in [1.165, 1.54) is 0 Å². The average molecular weight is 377 g/mol. The number of likely N-dealkylation sites (tertiary alicyclic amines) is 1. The minimum Gasteiger partial charge on any atom is -0.342 e. The van der Waals surface area contributed by atoms with E-state index in [0.29, 0.717) is 12.8 Å². The Hall–Kier alpha value is -1.62. The fraction of sp³-hybridized carbons (Fsp3) is 0.444. The lowest BCUT2D eigenvalue weighted by Crippen LogP contribution is -2.42. The molecule has 2 aliphatic rings. The number of rotatable bonds is 3. The number of benzene rings is 1. The van der Waals surface area contributed by atoms with Crippen LogP contribution in [-0.4, -0.2) is 29.8 Å². The molecule has 5 heteroatoms. The van der Waals surface area contributed by atoms with Gasteiger partial charge >= 0.3 is 0 Å². The maximum Gasteiger partial charge on any atom is 0.228 e. The van der Waals surface area contributed by atoms with Gasteiger partial charge in [-0.1, -0.05) is 28.1 Å². The van der Waals surface area contributed by atoms with Crippen molar-refractivity contribution in [3.05, 3.63) is 40.9 Å². The van der Waals surface area contributed by atoms with Crippen molar-refractivity contribution in [3.8, 4) is 0 Å². The summed E-state index contributed by atoms with van der Waals surface area (Å²) in [5.74, 6) is -0.428. The first kappa shape index (κ1) is 16.2. The number of nitrogens with one attached hydrogen (secondary N) is 1. The maximum atomic E-state index is 12.7. The van der Waals surface area contributed by atoms with Crippen LogP contribution in [0, 0.1) is 11.8 Å². The Bertz CT molecular complexity index is 606. The molecule has 1 saturated heterocycles. The third-order valence-electron chi connectivity index (χ3n) is 4.62. The van der Waals surface area contributed by atoms with Gasteiger partial charge in [0.2, 0.25) is 11.8 Å². The number of carbonyl (C=O) groups excluding carboxylic acids is 2. The Labute approximate surface area is 145 Å². The lowest BCUT2D eigenvalue weighted by Gasteiger charge is -2.30. The summed E-state index contributed by atoms with van der Waals surface area (Å²) in [6.45, 7) is 1.67. The molecule has 0 spiro atoms. The van der Waals surface area contributed by atoms with Crippen molar-refractivity contribution in [2.45, 2.75) is 25.7 Å². The van der Waals surface area contributed by atoms with Gasteiger partial charge in [0.1, 0.15) is 0 Å². The van der Waals surface area contributed by atoms with E-state index < -0.39 is 0 Å². The van der Waals surface area contributed by atoms with Gasteiger partial charge in [0, 0.05) is 23.2 Å². The minimum absolute atomic E-state index is 0.0609. The molecule has 3 rings (SSSR count). The second-order valence-electron chi connectivity index (χ2n) is 6.18. The highest BCUT2D eigenvalue weighted by molar-refractivity contribution is 9.10. The second-order valence-corrected chi connectivity index (χ2v) is 7.10. The van der Waals surface area contributed by atoms with Crippen molar-refractivity contribution in [2.75, 3.05) is 18.4 Å². The Balaban J connectivity index is 1.70. The molecule has 0 radical (unpaired) electrons. The van der Waals surface area contributed by atoms with E-state index in [0.717, 1.165) is 36.1 Å². The van der Waals surface area contributed by atoms with Gasteiger partial charge in [-0.3, -0.25) is 9.59 Å². The van der Waals surface area contributed by atoms with Crippen LogP contribution in [0.5, 0.6) is 0 Å². The molecule has 0 bridgehead atoms. The molecule has 1 aromatic rings. The zero-order valence-electron chi connectivity index (χ0n) is 13.0. The summed E-state index contributed by atoms with van der Waals surface area (Å²) < 4.78 is 0.971. The highest BCUT2D eigenvalue weighted by atomic mass is 79.9. The number of carbonyl (C=O) groups is 2. The van der Waals surface area contributed by atoms with E-state index in [-0.39, 0.29) is 23.7 Å². The van der Waals surface area contributed by atoms with Gasteiger partial charge in [-0.25, -0.2) is 0 Å². The van der Waals surface area contributed by atoms with Crippen LogP contribution in [-0.2, 0) is 9.59 Å². The first-order valence-electron chi connectivity index (χ1n) is 8.15. The first-order chi connectivity index (χ1) is 11.1. The van der Waals surface area contributed by atoms with Crippen LogP contribution >= 0.6 is 15.9 Å². The van der Waals surface area contributed by atoms with Crippen LogP contribution in [0.2, 0.25) is 0 Å². The van der Waals surface area contributed by atoms with Crippen LogP contribution in [0.3, 0.4) is 0 Å². The third kappa shape index (κ3) is 3.83. The van der Waals surface area contributed by atoms with E-state index in [2.05, 4.69) is 21.2 Å². The lowest BCUT2D eigenvalue weighted by molar-refractivity contribution is -0.139. The van der Waals surface area contributed by atoms with Crippen LogP contribution in [0.25, 0.3) is 0 Å². The summed E-state index contributed by atoms with van der Waals surface area (Å²) in [5.41, 5.74) is 0.764. The van der Waals surface area contributed by atoms with Crippen molar-refractivity contribution in [2.24, 2.45) is 11.8 Å². The number of nitrogens with zero attached hydrogens (tertiary/aromatic N) is 1. The summed E-state index contributed by atoms with van der Waals surface area (Å²) in [7, 11) is 0. The van der Waals surface area contributed by atoms with Gasteiger partial charge in [-0.2, -0.15) is 0 Å². The van der Waals surface area contributed by atoms with E-state index in [9.17, 15) is 9.59 Å². The number of hydrogen-bond acceptors (Lipinski definition) is 2. The van der Waals surface area contributed by atoms with Crippen LogP contribution < -0.4 is 5.32 Å². The van der Waals surface area contributed by atoms with Crippen molar-refractivity contribution in [1.82, 2.24) is 4.90 Å². The molecular weight excluding hydrogens is 356 g/mol. The molecule has 1 fully saturated rings. The number of anilines is 1. The quantitative estimate of drug-likeness (QED) is 0.819. The molecule has 2 amide bonds. The molecule has 0 aromatic heterocycles. The summed E-state index contributed by atoms with van der Waals surface area (Å²) >= 11 is 3.38. The van der Waals surface area contributed by atoms with Crippen molar-refractivity contribution < 1.29 is 9.59 Å². The van der Waals surface area contributed by atoms with Crippen molar-refractivity contribution >= 4 is 33.4 Å². The lowest BCUT2D eigenvalue weighted by atomic mass is 9.81.